The second-order valence-electron chi connectivity index (χ2n) is 5.22. The van der Waals surface area contributed by atoms with Crippen molar-refractivity contribution in [3.63, 3.8) is 0 Å². The number of β-amino-alcohol motifs (C(OH)–C–C–N with tert-alkyl or cyclic N) is 1. The molecule has 0 bridgehead atoms. The van der Waals surface area contributed by atoms with Gasteiger partial charge in [-0.2, -0.15) is 0 Å². The monoisotopic (exact) mass is 277 g/mol. The molecule has 3 aliphatic rings. The number of rotatable bonds is 3. The fourth-order valence-corrected chi connectivity index (χ4v) is 2.53. The standard InChI is InChI=1S/C14H15NO5/c16-11-5-12(13(17)18)15(6-11)14(19)20-7-8-1-2-9-4-10(9)3-8/h1-4,9,11-12,16H,5-7H2,(H,17,18)/t9-,11-,12+/m1/s1. The van der Waals surface area contributed by atoms with E-state index in [0.29, 0.717) is 5.92 Å². The third-order valence-electron chi connectivity index (χ3n) is 3.68. The van der Waals surface area contributed by atoms with E-state index in [4.69, 9.17) is 9.84 Å². The molecule has 3 atom stereocenters. The van der Waals surface area contributed by atoms with Crippen molar-refractivity contribution in [3.8, 4) is 0 Å². The summed E-state index contributed by atoms with van der Waals surface area (Å²) in [7, 11) is 0. The zero-order chi connectivity index (χ0) is 14.3. The highest BCUT2D eigenvalue weighted by atomic mass is 16.6. The molecule has 1 aliphatic heterocycles. The van der Waals surface area contributed by atoms with Crippen LogP contribution in [0.1, 0.15) is 6.42 Å². The largest absolute Gasteiger partial charge is 0.480 e. The van der Waals surface area contributed by atoms with Gasteiger partial charge in [0, 0.05) is 12.3 Å². The molecular formula is C14H15NO5. The summed E-state index contributed by atoms with van der Waals surface area (Å²) in [4.78, 5) is 24.0. The van der Waals surface area contributed by atoms with Crippen molar-refractivity contribution in [2.75, 3.05) is 13.2 Å². The van der Waals surface area contributed by atoms with Crippen LogP contribution in [0.15, 0.2) is 35.5 Å². The van der Waals surface area contributed by atoms with Gasteiger partial charge in [-0.3, -0.25) is 4.90 Å². The molecule has 6 heteroatoms. The number of nitrogens with zero attached hydrogens (tertiary/aromatic N) is 1. The number of carbonyl (C=O) groups is 2. The Labute approximate surface area is 115 Å². The number of ether oxygens (including phenoxy) is 1. The zero-order valence-electron chi connectivity index (χ0n) is 10.7. The maximum absolute atomic E-state index is 11.9. The number of likely N-dealkylation sites (tertiary alicyclic amines) is 1. The minimum Gasteiger partial charge on any atom is -0.480 e. The summed E-state index contributed by atoms with van der Waals surface area (Å²) >= 11 is 0. The average Bonchev–Trinajstić information content (AvgIpc) is 3.08. The molecule has 2 N–H and O–H groups in total. The number of allylic oxidation sites excluding steroid dienone is 4. The first kappa shape index (κ1) is 12.9. The number of fused-ring (bicyclic) bond motifs is 1. The topological polar surface area (TPSA) is 87.1 Å². The van der Waals surface area contributed by atoms with E-state index in [2.05, 4.69) is 6.08 Å². The maximum Gasteiger partial charge on any atom is 0.410 e. The Morgan fingerprint density at radius 2 is 2.25 bits per heavy atom. The lowest BCUT2D eigenvalue weighted by atomic mass is 10.1. The van der Waals surface area contributed by atoms with Crippen molar-refractivity contribution in [3.05, 3.63) is 35.5 Å². The number of hydrogen-bond acceptors (Lipinski definition) is 4. The highest BCUT2D eigenvalue weighted by Crippen LogP contribution is 2.35. The van der Waals surface area contributed by atoms with Crippen LogP contribution in [0.2, 0.25) is 0 Å². The Morgan fingerprint density at radius 3 is 2.95 bits per heavy atom. The molecule has 0 saturated carbocycles. The summed E-state index contributed by atoms with van der Waals surface area (Å²) in [5.41, 5.74) is 2.10. The molecule has 0 aromatic rings. The van der Waals surface area contributed by atoms with Crippen LogP contribution in [-0.4, -0.2) is 52.5 Å². The molecule has 106 valence electrons. The normalized spacial score (nSPS) is 30.4. The molecule has 20 heavy (non-hydrogen) atoms. The van der Waals surface area contributed by atoms with Gasteiger partial charge in [0.15, 0.2) is 0 Å². The van der Waals surface area contributed by atoms with Gasteiger partial charge in [-0.15, -0.1) is 0 Å². The SMILES string of the molecule is O=C(O)[C@@H]1C[C@@H](O)CN1C(=O)OCC1=CC2=C[C@H]2C=C1. The van der Waals surface area contributed by atoms with E-state index < -0.39 is 24.2 Å². The Balaban J connectivity index is 1.57. The third kappa shape index (κ3) is 2.46. The minimum atomic E-state index is -1.12. The highest BCUT2D eigenvalue weighted by molar-refractivity contribution is 5.81. The Morgan fingerprint density at radius 1 is 1.45 bits per heavy atom. The summed E-state index contributed by atoms with van der Waals surface area (Å²) in [6.45, 7) is 0.107. The van der Waals surface area contributed by atoms with Gasteiger partial charge in [-0.05, 0) is 11.1 Å². The van der Waals surface area contributed by atoms with E-state index in [1.165, 1.54) is 5.57 Å². The molecule has 0 radical (unpaired) electrons. The fourth-order valence-electron chi connectivity index (χ4n) is 2.53. The van der Waals surface area contributed by atoms with Crippen LogP contribution in [0.25, 0.3) is 0 Å². The third-order valence-corrected chi connectivity index (χ3v) is 3.68. The summed E-state index contributed by atoms with van der Waals surface area (Å²) in [6, 6.07) is -1.01. The molecule has 2 aliphatic carbocycles. The van der Waals surface area contributed by atoms with E-state index in [1.54, 1.807) is 0 Å². The first-order valence-corrected chi connectivity index (χ1v) is 6.49. The number of aliphatic hydroxyl groups excluding tert-OH is 1. The predicted molar refractivity (Wildman–Crippen MR) is 68.9 cm³/mol. The number of carboxylic acid groups (broad SMARTS) is 1. The van der Waals surface area contributed by atoms with Crippen LogP contribution in [0.5, 0.6) is 0 Å². The van der Waals surface area contributed by atoms with Crippen LogP contribution in [0.3, 0.4) is 0 Å². The van der Waals surface area contributed by atoms with Crippen LogP contribution in [0, 0.1) is 5.92 Å². The summed E-state index contributed by atoms with van der Waals surface area (Å²) < 4.78 is 5.13. The molecule has 1 amide bonds. The van der Waals surface area contributed by atoms with Gasteiger partial charge in [-0.25, -0.2) is 9.59 Å². The first-order chi connectivity index (χ1) is 9.54. The Kier molecular flexibility index (Phi) is 3.10. The lowest BCUT2D eigenvalue weighted by molar-refractivity contribution is -0.141. The average molecular weight is 277 g/mol. The molecule has 1 saturated heterocycles. The van der Waals surface area contributed by atoms with Crippen molar-refractivity contribution in [2.45, 2.75) is 18.6 Å². The van der Waals surface area contributed by atoms with Gasteiger partial charge < -0.3 is 14.9 Å². The molecule has 0 aromatic carbocycles. The van der Waals surface area contributed by atoms with Crippen LogP contribution >= 0.6 is 0 Å². The van der Waals surface area contributed by atoms with Crippen molar-refractivity contribution in [1.82, 2.24) is 4.90 Å². The number of aliphatic carboxylic acids is 1. The molecule has 6 nitrogen and oxygen atoms in total. The summed E-state index contributed by atoms with van der Waals surface area (Å²) in [5, 5.41) is 18.5. The van der Waals surface area contributed by atoms with E-state index >= 15 is 0 Å². The van der Waals surface area contributed by atoms with Gasteiger partial charge >= 0.3 is 12.1 Å². The smallest absolute Gasteiger partial charge is 0.410 e. The van der Waals surface area contributed by atoms with Gasteiger partial charge in [0.05, 0.1) is 12.6 Å². The first-order valence-electron chi connectivity index (χ1n) is 6.49. The van der Waals surface area contributed by atoms with Crippen LogP contribution in [0.4, 0.5) is 4.79 Å². The van der Waals surface area contributed by atoms with E-state index in [-0.39, 0.29) is 19.6 Å². The molecule has 3 rings (SSSR count). The molecular weight excluding hydrogens is 262 g/mol. The van der Waals surface area contributed by atoms with E-state index in [9.17, 15) is 14.7 Å². The summed E-state index contributed by atoms with van der Waals surface area (Å²) in [6.07, 6.45) is 6.52. The summed E-state index contributed by atoms with van der Waals surface area (Å²) in [5.74, 6) is -0.680. The predicted octanol–water partition coefficient (Wildman–Crippen LogP) is 0.695. The second-order valence-corrected chi connectivity index (χ2v) is 5.22. The molecule has 0 spiro atoms. The van der Waals surface area contributed by atoms with Crippen LogP contribution in [-0.2, 0) is 9.53 Å². The molecule has 1 fully saturated rings. The Hall–Kier alpha value is -2.08. The van der Waals surface area contributed by atoms with Gasteiger partial charge in [0.1, 0.15) is 12.6 Å². The zero-order valence-corrected chi connectivity index (χ0v) is 10.7. The lowest BCUT2D eigenvalue weighted by Crippen LogP contribution is -2.41. The lowest BCUT2D eigenvalue weighted by Gasteiger charge is -2.20. The molecule has 0 aromatic heterocycles. The molecule has 0 unspecified atom stereocenters. The van der Waals surface area contributed by atoms with Crippen molar-refractivity contribution >= 4 is 12.1 Å². The van der Waals surface area contributed by atoms with E-state index in [0.717, 1.165) is 10.5 Å². The fraction of sp³-hybridized carbons (Fsp3) is 0.429. The van der Waals surface area contributed by atoms with Crippen molar-refractivity contribution in [2.24, 2.45) is 5.92 Å². The second kappa shape index (κ2) is 4.79. The molecule has 1 heterocycles. The number of aliphatic hydroxyl groups is 1. The van der Waals surface area contributed by atoms with Crippen molar-refractivity contribution < 1.29 is 24.5 Å². The number of carbonyl (C=O) groups excluding carboxylic acids is 1. The maximum atomic E-state index is 11.9. The van der Waals surface area contributed by atoms with Crippen LogP contribution < -0.4 is 0 Å². The van der Waals surface area contributed by atoms with Crippen molar-refractivity contribution in [1.29, 1.82) is 0 Å². The van der Waals surface area contributed by atoms with E-state index in [1.807, 2.05) is 18.2 Å². The minimum absolute atomic E-state index is 0.00207. The Bertz CT molecular complexity index is 548. The number of amides is 1. The quantitative estimate of drug-likeness (QED) is 0.792. The van der Waals surface area contributed by atoms with Gasteiger partial charge in [0.25, 0.3) is 0 Å². The van der Waals surface area contributed by atoms with Gasteiger partial charge in [0.2, 0.25) is 0 Å². The number of hydrogen-bond donors (Lipinski definition) is 2. The number of carboxylic acids is 1. The highest BCUT2D eigenvalue weighted by Gasteiger charge is 2.39. The van der Waals surface area contributed by atoms with Gasteiger partial charge in [-0.1, -0.05) is 24.3 Å².